The number of nitrogens with zero attached hydrogens (tertiary/aromatic N) is 1. The molecule has 0 unspecified atom stereocenters. The fraction of sp³-hybridized carbons (Fsp3) is 0.438. The molecule has 3 nitrogen and oxygen atoms in total. The molecule has 4 heteroatoms. The number of aliphatic hydroxyl groups excluding tert-OH is 1. The molecule has 1 aromatic carbocycles. The monoisotopic (exact) mass is 290 g/mol. The van der Waals surface area contributed by atoms with Gasteiger partial charge in [0, 0.05) is 30.5 Å². The lowest BCUT2D eigenvalue weighted by Crippen LogP contribution is -2.22. The summed E-state index contributed by atoms with van der Waals surface area (Å²) in [6.07, 6.45) is 0.713. The zero-order valence-corrected chi connectivity index (χ0v) is 12.9. The molecular formula is C16H22N2OS. The molecular weight excluding hydrogens is 268 g/mol. The van der Waals surface area contributed by atoms with Gasteiger partial charge in [0.15, 0.2) is 0 Å². The van der Waals surface area contributed by atoms with E-state index >= 15 is 0 Å². The van der Waals surface area contributed by atoms with E-state index in [2.05, 4.69) is 41.7 Å². The second-order valence-corrected chi connectivity index (χ2v) is 6.08. The Morgan fingerprint density at radius 2 is 2.00 bits per heavy atom. The topological polar surface area (TPSA) is 45.2 Å². The number of rotatable bonds is 7. The van der Waals surface area contributed by atoms with Gasteiger partial charge in [-0.1, -0.05) is 44.2 Å². The summed E-state index contributed by atoms with van der Waals surface area (Å²) in [5.41, 5.74) is 2.29. The van der Waals surface area contributed by atoms with Gasteiger partial charge in [-0.15, -0.1) is 11.3 Å². The molecule has 0 spiro atoms. The number of hydrogen-bond acceptors (Lipinski definition) is 4. The van der Waals surface area contributed by atoms with Crippen LogP contribution in [0.4, 0.5) is 0 Å². The molecule has 0 radical (unpaired) electrons. The Hall–Kier alpha value is -1.23. The first-order chi connectivity index (χ1) is 9.70. The van der Waals surface area contributed by atoms with Crippen molar-refractivity contribution in [3.8, 4) is 0 Å². The first-order valence-corrected chi connectivity index (χ1v) is 7.92. The third-order valence-corrected chi connectivity index (χ3v) is 4.41. The van der Waals surface area contributed by atoms with Crippen molar-refractivity contribution in [2.45, 2.75) is 38.8 Å². The van der Waals surface area contributed by atoms with E-state index in [-0.39, 0.29) is 12.6 Å². The van der Waals surface area contributed by atoms with E-state index in [4.69, 9.17) is 0 Å². The summed E-state index contributed by atoms with van der Waals surface area (Å²) < 4.78 is 0. The van der Waals surface area contributed by atoms with Crippen LogP contribution in [-0.4, -0.2) is 16.7 Å². The number of thiazole rings is 1. The molecule has 0 aliphatic carbocycles. The normalized spacial score (nSPS) is 12.8. The lowest BCUT2D eigenvalue weighted by atomic mass is 10.0. The minimum absolute atomic E-state index is 0.172. The van der Waals surface area contributed by atoms with E-state index in [0.717, 1.165) is 12.2 Å². The maximum Gasteiger partial charge on any atom is 0.0954 e. The number of benzene rings is 1. The fourth-order valence-electron chi connectivity index (χ4n) is 2.10. The standard InChI is InChI=1S/C16H22N2OS/c1-12(2)16-18-14(11-20-16)10-17-15(8-9-19)13-6-4-3-5-7-13/h3-7,11-12,15,17,19H,8-10H2,1-2H3/t15-/m1/s1. The molecule has 0 bridgehead atoms. The van der Waals surface area contributed by atoms with Gasteiger partial charge in [-0.25, -0.2) is 4.98 Å². The van der Waals surface area contributed by atoms with Crippen LogP contribution in [-0.2, 0) is 6.54 Å². The van der Waals surface area contributed by atoms with Crippen molar-refractivity contribution in [3.63, 3.8) is 0 Å². The predicted molar refractivity (Wildman–Crippen MR) is 83.9 cm³/mol. The van der Waals surface area contributed by atoms with Crippen LogP contribution in [0.2, 0.25) is 0 Å². The van der Waals surface area contributed by atoms with Crippen LogP contribution < -0.4 is 5.32 Å². The summed E-state index contributed by atoms with van der Waals surface area (Å²) in [7, 11) is 0. The lowest BCUT2D eigenvalue weighted by molar-refractivity contribution is 0.265. The molecule has 2 N–H and O–H groups in total. The third-order valence-electron chi connectivity index (χ3n) is 3.21. The highest BCUT2D eigenvalue weighted by atomic mass is 32.1. The molecule has 0 saturated heterocycles. The van der Waals surface area contributed by atoms with Gasteiger partial charge in [-0.2, -0.15) is 0 Å². The summed E-state index contributed by atoms with van der Waals surface area (Å²) in [4.78, 5) is 4.63. The number of aliphatic hydroxyl groups is 1. The van der Waals surface area contributed by atoms with E-state index in [1.165, 1.54) is 10.6 Å². The Balaban J connectivity index is 1.98. The van der Waals surface area contributed by atoms with Gasteiger partial charge >= 0.3 is 0 Å². The Bertz CT molecular complexity index is 510. The average Bonchev–Trinajstić information content (AvgIpc) is 2.93. The van der Waals surface area contributed by atoms with Gasteiger partial charge in [0.05, 0.1) is 10.7 Å². The summed E-state index contributed by atoms with van der Waals surface area (Å²) in [6.45, 7) is 5.24. The van der Waals surface area contributed by atoms with Crippen LogP contribution in [0.25, 0.3) is 0 Å². The first-order valence-electron chi connectivity index (χ1n) is 7.04. The summed E-state index contributed by atoms with van der Waals surface area (Å²) in [5.74, 6) is 0.483. The van der Waals surface area contributed by atoms with Crippen LogP contribution in [0.1, 0.15) is 48.5 Å². The largest absolute Gasteiger partial charge is 0.396 e. The van der Waals surface area contributed by atoms with Crippen LogP contribution >= 0.6 is 11.3 Å². The van der Waals surface area contributed by atoms with Crippen molar-refractivity contribution >= 4 is 11.3 Å². The van der Waals surface area contributed by atoms with E-state index in [1.807, 2.05) is 18.2 Å². The second-order valence-electron chi connectivity index (χ2n) is 5.19. The predicted octanol–water partition coefficient (Wildman–Crippen LogP) is 3.48. The molecule has 1 aromatic heterocycles. The first kappa shape index (κ1) is 15.2. The van der Waals surface area contributed by atoms with Gasteiger partial charge in [0.1, 0.15) is 0 Å². The van der Waals surface area contributed by atoms with Gasteiger partial charge in [0.2, 0.25) is 0 Å². The van der Waals surface area contributed by atoms with Crippen LogP contribution in [0.3, 0.4) is 0 Å². The van der Waals surface area contributed by atoms with Gasteiger partial charge in [-0.3, -0.25) is 0 Å². The van der Waals surface area contributed by atoms with E-state index < -0.39 is 0 Å². The van der Waals surface area contributed by atoms with E-state index in [1.54, 1.807) is 11.3 Å². The molecule has 0 fully saturated rings. The number of nitrogens with one attached hydrogen (secondary N) is 1. The highest BCUT2D eigenvalue weighted by Crippen LogP contribution is 2.21. The van der Waals surface area contributed by atoms with Gasteiger partial charge < -0.3 is 10.4 Å². The lowest BCUT2D eigenvalue weighted by Gasteiger charge is -2.17. The third kappa shape index (κ3) is 4.13. The van der Waals surface area contributed by atoms with Crippen LogP contribution in [0, 0.1) is 0 Å². The molecule has 2 aromatic rings. The molecule has 0 saturated carbocycles. The highest BCUT2D eigenvalue weighted by Gasteiger charge is 2.11. The van der Waals surface area contributed by atoms with Crippen LogP contribution in [0.5, 0.6) is 0 Å². The molecule has 2 rings (SSSR count). The van der Waals surface area contributed by atoms with E-state index in [9.17, 15) is 5.11 Å². The van der Waals surface area contributed by atoms with Crippen molar-refractivity contribution in [2.24, 2.45) is 0 Å². The molecule has 20 heavy (non-hydrogen) atoms. The summed E-state index contributed by atoms with van der Waals surface area (Å²) in [6, 6.07) is 10.4. The van der Waals surface area contributed by atoms with Crippen molar-refractivity contribution in [1.29, 1.82) is 0 Å². The zero-order chi connectivity index (χ0) is 14.4. The minimum atomic E-state index is 0.172. The number of hydrogen-bond donors (Lipinski definition) is 2. The quantitative estimate of drug-likeness (QED) is 0.820. The Labute approximate surface area is 124 Å². The minimum Gasteiger partial charge on any atom is -0.396 e. The summed E-state index contributed by atoms with van der Waals surface area (Å²) >= 11 is 1.72. The number of aromatic nitrogens is 1. The molecule has 0 aliphatic heterocycles. The van der Waals surface area contributed by atoms with Crippen molar-refractivity contribution in [3.05, 3.63) is 52.0 Å². The van der Waals surface area contributed by atoms with Crippen molar-refractivity contribution < 1.29 is 5.11 Å². The van der Waals surface area contributed by atoms with Crippen molar-refractivity contribution in [2.75, 3.05) is 6.61 Å². The maximum atomic E-state index is 9.22. The van der Waals surface area contributed by atoms with Gasteiger partial charge in [0.25, 0.3) is 0 Å². The Morgan fingerprint density at radius 3 is 2.60 bits per heavy atom. The Kier molecular flexibility index (Phi) is 5.71. The molecule has 0 aliphatic rings. The fourth-order valence-corrected chi connectivity index (χ4v) is 2.93. The molecule has 1 atom stereocenters. The van der Waals surface area contributed by atoms with Crippen molar-refractivity contribution in [1.82, 2.24) is 10.3 Å². The van der Waals surface area contributed by atoms with E-state index in [0.29, 0.717) is 12.3 Å². The highest BCUT2D eigenvalue weighted by molar-refractivity contribution is 7.09. The average molecular weight is 290 g/mol. The maximum absolute atomic E-state index is 9.22. The van der Waals surface area contributed by atoms with Gasteiger partial charge in [-0.05, 0) is 12.0 Å². The Morgan fingerprint density at radius 1 is 1.25 bits per heavy atom. The molecule has 0 amide bonds. The molecule has 1 heterocycles. The zero-order valence-electron chi connectivity index (χ0n) is 12.0. The summed E-state index contributed by atoms with van der Waals surface area (Å²) in [5, 5.41) is 16.0. The second kappa shape index (κ2) is 7.53. The van der Waals surface area contributed by atoms with Crippen LogP contribution in [0.15, 0.2) is 35.7 Å². The smallest absolute Gasteiger partial charge is 0.0954 e. The molecule has 108 valence electrons. The SMILES string of the molecule is CC(C)c1nc(CN[C@H](CCO)c2ccccc2)cs1.